The van der Waals surface area contributed by atoms with Gasteiger partial charge >= 0.3 is 0 Å². The van der Waals surface area contributed by atoms with E-state index in [1.54, 1.807) is 0 Å². The largest absolute Gasteiger partial charge is 0.391 e. The van der Waals surface area contributed by atoms with Gasteiger partial charge in [0.15, 0.2) is 0 Å². The van der Waals surface area contributed by atoms with Crippen LogP contribution in [0.1, 0.15) is 13.8 Å². The number of halogens is 1. The van der Waals surface area contributed by atoms with Crippen LogP contribution in [0.25, 0.3) is 0 Å². The van der Waals surface area contributed by atoms with Crippen LogP contribution in [0, 0.1) is 5.92 Å². The Morgan fingerprint density at radius 3 is 2.58 bits per heavy atom. The molecule has 0 amide bonds. The SMILES string of the molecule is CC(C)N1CC(C(O)CNI)C1. The smallest absolute Gasteiger partial charge is 0.0725 e. The second-order valence-corrected chi connectivity index (χ2v) is 4.48. The second-order valence-electron chi connectivity index (χ2n) is 3.71. The summed E-state index contributed by atoms with van der Waals surface area (Å²) in [5.74, 6) is 0.481. The van der Waals surface area contributed by atoms with E-state index >= 15 is 0 Å². The first-order chi connectivity index (χ1) is 5.65. The molecule has 0 aromatic rings. The molecule has 0 aliphatic carbocycles. The number of nitrogens with one attached hydrogen (secondary N) is 1. The molecule has 72 valence electrons. The molecule has 2 N–H and O–H groups in total. The fourth-order valence-corrected chi connectivity index (χ4v) is 1.91. The molecule has 1 atom stereocenters. The van der Waals surface area contributed by atoms with E-state index in [0.29, 0.717) is 18.5 Å². The van der Waals surface area contributed by atoms with Gasteiger partial charge in [-0.2, -0.15) is 0 Å². The normalized spacial score (nSPS) is 22.8. The second kappa shape index (κ2) is 4.74. The molecular formula is C8H17IN2O. The van der Waals surface area contributed by atoms with Gasteiger partial charge in [-0.1, -0.05) is 0 Å². The van der Waals surface area contributed by atoms with E-state index in [-0.39, 0.29) is 6.10 Å². The number of hydrogen-bond acceptors (Lipinski definition) is 3. The summed E-state index contributed by atoms with van der Waals surface area (Å²) in [7, 11) is 0. The molecule has 0 spiro atoms. The Morgan fingerprint density at radius 2 is 2.17 bits per heavy atom. The molecule has 0 aromatic carbocycles. The van der Waals surface area contributed by atoms with Crippen LogP contribution in [-0.2, 0) is 0 Å². The van der Waals surface area contributed by atoms with Crippen LogP contribution in [0.5, 0.6) is 0 Å². The van der Waals surface area contributed by atoms with Gasteiger partial charge in [-0.3, -0.25) is 3.53 Å². The van der Waals surface area contributed by atoms with Gasteiger partial charge in [0, 0.05) is 54.5 Å². The first-order valence-electron chi connectivity index (χ1n) is 4.40. The monoisotopic (exact) mass is 284 g/mol. The topological polar surface area (TPSA) is 35.5 Å². The first-order valence-corrected chi connectivity index (χ1v) is 5.48. The summed E-state index contributed by atoms with van der Waals surface area (Å²) in [6, 6.07) is 0.626. The van der Waals surface area contributed by atoms with Crippen molar-refractivity contribution >= 4 is 22.9 Å². The Morgan fingerprint density at radius 1 is 1.58 bits per heavy atom. The summed E-state index contributed by atoms with van der Waals surface area (Å²) in [5.41, 5.74) is 0. The van der Waals surface area contributed by atoms with Gasteiger partial charge in [0.2, 0.25) is 0 Å². The molecule has 0 saturated carbocycles. The Balaban J connectivity index is 2.16. The fraction of sp³-hybridized carbons (Fsp3) is 1.00. The Bertz CT molecular complexity index is 137. The van der Waals surface area contributed by atoms with Crippen molar-refractivity contribution in [2.24, 2.45) is 5.92 Å². The fourth-order valence-electron chi connectivity index (χ4n) is 1.46. The maximum Gasteiger partial charge on any atom is 0.0725 e. The molecule has 12 heavy (non-hydrogen) atoms. The highest BCUT2D eigenvalue weighted by Crippen LogP contribution is 2.21. The minimum Gasteiger partial charge on any atom is -0.391 e. The van der Waals surface area contributed by atoms with Gasteiger partial charge in [-0.05, 0) is 13.8 Å². The van der Waals surface area contributed by atoms with Gasteiger partial charge in [-0.25, -0.2) is 0 Å². The lowest BCUT2D eigenvalue weighted by Gasteiger charge is -2.44. The van der Waals surface area contributed by atoms with E-state index < -0.39 is 0 Å². The minimum atomic E-state index is -0.170. The predicted molar refractivity (Wildman–Crippen MR) is 58.2 cm³/mol. The maximum atomic E-state index is 9.57. The third-order valence-electron chi connectivity index (χ3n) is 2.50. The van der Waals surface area contributed by atoms with Gasteiger partial charge in [0.1, 0.15) is 0 Å². The number of rotatable bonds is 4. The Labute approximate surface area is 88.0 Å². The molecule has 0 aromatic heterocycles. The molecule has 3 nitrogen and oxygen atoms in total. The van der Waals surface area contributed by atoms with Crippen LogP contribution in [0.15, 0.2) is 0 Å². The molecule has 1 saturated heterocycles. The Hall–Kier alpha value is 0.610. The molecule has 1 heterocycles. The molecule has 1 aliphatic heterocycles. The highest BCUT2D eigenvalue weighted by atomic mass is 127. The maximum absolute atomic E-state index is 9.57. The third kappa shape index (κ3) is 2.55. The lowest BCUT2D eigenvalue weighted by atomic mass is 9.92. The van der Waals surface area contributed by atoms with E-state index in [2.05, 4.69) is 45.1 Å². The number of hydrogen-bond donors (Lipinski definition) is 2. The van der Waals surface area contributed by atoms with Crippen LogP contribution < -0.4 is 3.53 Å². The lowest BCUT2D eigenvalue weighted by molar-refractivity contribution is -0.0157. The van der Waals surface area contributed by atoms with E-state index in [1.807, 2.05) is 0 Å². The van der Waals surface area contributed by atoms with Crippen molar-refractivity contribution in [3.05, 3.63) is 0 Å². The molecule has 1 unspecified atom stereocenters. The van der Waals surface area contributed by atoms with Gasteiger partial charge < -0.3 is 10.0 Å². The van der Waals surface area contributed by atoms with Crippen LogP contribution >= 0.6 is 22.9 Å². The molecule has 1 aliphatic rings. The van der Waals surface area contributed by atoms with Crippen LogP contribution in [-0.4, -0.2) is 41.8 Å². The summed E-state index contributed by atoms with van der Waals surface area (Å²) in [4.78, 5) is 2.38. The summed E-state index contributed by atoms with van der Waals surface area (Å²) in [6.07, 6.45) is -0.170. The molecule has 1 rings (SSSR count). The highest BCUT2D eigenvalue weighted by Gasteiger charge is 2.33. The van der Waals surface area contributed by atoms with Gasteiger partial charge in [0.05, 0.1) is 6.10 Å². The van der Waals surface area contributed by atoms with Crippen LogP contribution in [0.2, 0.25) is 0 Å². The zero-order chi connectivity index (χ0) is 9.14. The molecule has 0 radical (unpaired) electrons. The van der Waals surface area contributed by atoms with E-state index in [9.17, 15) is 5.11 Å². The van der Waals surface area contributed by atoms with Crippen molar-refractivity contribution in [1.82, 2.24) is 8.43 Å². The van der Waals surface area contributed by atoms with E-state index in [1.165, 1.54) is 0 Å². The van der Waals surface area contributed by atoms with Crippen LogP contribution in [0.4, 0.5) is 0 Å². The minimum absolute atomic E-state index is 0.170. The van der Waals surface area contributed by atoms with Crippen molar-refractivity contribution in [3.63, 3.8) is 0 Å². The third-order valence-corrected chi connectivity index (χ3v) is 2.94. The molecule has 0 bridgehead atoms. The lowest BCUT2D eigenvalue weighted by Crippen LogP contribution is -2.55. The molecule has 1 fully saturated rings. The van der Waals surface area contributed by atoms with Gasteiger partial charge in [0.25, 0.3) is 0 Å². The van der Waals surface area contributed by atoms with Crippen molar-refractivity contribution in [3.8, 4) is 0 Å². The Kier molecular flexibility index (Phi) is 4.22. The first kappa shape index (κ1) is 10.7. The summed E-state index contributed by atoms with van der Waals surface area (Å²) in [5, 5.41) is 9.57. The average Bonchev–Trinajstić information content (AvgIpc) is 1.82. The molecule has 4 heteroatoms. The predicted octanol–water partition coefficient (Wildman–Crippen LogP) is 0.627. The number of aliphatic hydroxyl groups excluding tert-OH is 1. The average molecular weight is 284 g/mol. The van der Waals surface area contributed by atoms with Gasteiger partial charge in [-0.15, -0.1) is 0 Å². The van der Waals surface area contributed by atoms with Crippen molar-refractivity contribution in [2.45, 2.75) is 26.0 Å². The van der Waals surface area contributed by atoms with Crippen molar-refractivity contribution in [1.29, 1.82) is 0 Å². The standard InChI is InChI=1S/C8H17IN2O/c1-6(2)11-4-7(5-11)8(12)3-10-9/h6-8,10,12H,3-5H2,1-2H3. The van der Waals surface area contributed by atoms with Crippen molar-refractivity contribution in [2.75, 3.05) is 19.6 Å². The quantitative estimate of drug-likeness (QED) is 0.587. The summed E-state index contributed by atoms with van der Waals surface area (Å²) >= 11 is 2.07. The summed E-state index contributed by atoms with van der Waals surface area (Å²) < 4.78 is 2.96. The summed E-state index contributed by atoms with van der Waals surface area (Å²) in [6.45, 7) is 7.20. The van der Waals surface area contributed by atoms with E-state index in [0.717, 1.165) is 13.1 Å². The van der Waals surface area contributed by atoms with Crippen LogP contribution in [0.3, 0.4) is 0 Å². The highest BCUT2D eigenvalue weighted by molar-refractivity contribution is 14.1. The molecular weight excluding hydrogens is 267 g/mol. The zero-order valence-corrected chi connectivity index (χ0v) is 9.78. The van der Waals surface area contributed by atoms with Crippen molar-refractivity contribution < 1.29 is 5.11 Å². The number of nitrogens with zero attached hydrogens (tertiary/aromatic N) is 1. The number of likely N-dealkylation sites (tertiary alicyclic amines) is 1. The zero-order valence-electron chi connectivity index (χ0n) is 7.63. The van der Waals surface area contributed by atoms with E-state index in [4.69, 9.17) is 0 Å². The number of aliphatic hydroxyl groups is 1.